The molecule has 0 amide bonds. The summed E-state index contributed by atoms with van der Waals surface area (Å²) in [4.78, 5) is 10.4. The van der Waals surface area contributed by atoms with Crippen molar-refractivity contribution in [2.45, 2.75) is 26.2 Å². The molecule has 0 aromatic heterocycles. The first-order valence-electron chi connectivity index (χ1n) is 3.91. The first kappa shape index (κ1) is 8.53. The third kappa shape index (κ3) is 1.93. The van der Waals surface area contributed by atoms with Crippen molar-refractivity contribution in [1.29, 1.82) is 0 Å². The monoisotopic (exact) mass is 158 g/mol. The van der Waals surface area contributed by atoms with E-state index in [0.29, 0.717) is 5.92 Å². The molecule has 1 saturated carbocycles. The highest BCUT2D eigenvalue weighted by Crippen LogP contribution is 2.47. The summed E-state index contributed by atoms with van der Waals surface area (Å²) in [5.41, 5.74) is -0.369. The average Bonchev–Trinajstić information content (AvgIpc) is 2.66. The lowest BCUT2D eigenvalue weighted by Crippen LogP contribution is -2.27. The molecule has 0 heterocycles. The molecule has 0 saturated heterocycles. The number of rotatable bonds is 4. The number of hydrogen-bond donors (Lipinski definition) is 2. The zero-order valence-corrected chi connectivity index (χ0v) is 6.71. The van der Waals surface area contributed by atoms with Gasteiger partial charge in [-0.15, -0.1) is 0 Å². The van der Waals surface area contributed by atoms with Gasteiger partial charge in [-0.25, -0.2) is 0 Å². The Hall–Kier alpha value is -0.570. The van der Waals surface area contributed by atoms with Crippen LogP contribution in [0.3, 0.4) is 0 Å². The Labute approximate surface area is 66.0 Å². The minimum Gasteiger partial charge on any atom is -0.481 e. The van der Waals surface area contributed by atoms with Gasteiger partial charge in [0.25, 0.3) is 0 Å². The highest BCUT2D eigenvalue weighted by atomic mass is 16.4. The topological polar surface area (TPSA) is 57.5 Å². The van der Waals surface area contributed by atoms with Crippen molar-refractivity contribution in [1.82, 2.24) is 0 Å². The second-order valence-corrected chi connectivity index (χ2v) is 3.66. The van der Waals surface area contributed by atoms with Crippen molar-refractivity contribution >= 4 is 5.97 Å². The zero-order chi connectivity index (χ0) is 8.48. The van der Waals surface area contributed by atoms with Crippen LogP contribution in [0.25, 0.3) is 0 Å². The van der Waals surface area contributed by atoms with Gasteiger partial charge in [-0.3, -0.25) is 4.79 Å². The summed E-state index contributed by atoms with van der Waals surface area (Å²) in [6.07, 6.45) is 2.24. The van der Waals surface area contributed by atoms with Crippen LogP contribution in [0, 0.1) is 11.3 Å². The van der Waals surface area contributed by atoms with Gasteiger partial charge in [0.2, 0.25) is 0 Å². The maximum atomic E-state index is 10.4. The molecule has 1 atom stereocenters. The van der Waals surface area contributed by atoms with Gasteiger partial charge in [-0.1, -0.05) is 6.92 Å². The molecule has 1 aliphatic rings. The molecule has 0 aliphatic heterocycles. The minimum atomic E-state index is -0.812. The highest BCUT2D eigenvalue weighted by molar-refractivity contribution is 5.67. The third-order valence-corrected chi connectivity index (χ3v) is 2.48. The standard InChI is InChI=1S/C8H14O3/c1-8(5-9,4-7(10)11)6-2-3-6/h6,9H,2-5H2,1H3,(H,10,11). The van der Waals surface area contributed by atoms with Crippen LogP contribution in [0.15, 0.2) is 0 Å². The van der Waals surface area contributed by atoms with Crippen molar-refractivity contribution in [3.63, 3.8) is 0 Å². The van der Waals surface area contributed by atoms with E-state index in [1.54, 1.807) is 0 Å². The third-order valence-electron chi connectivity index (χ3n) is 2.48. The molecule has 1 fully saturated rings. The predicted molar refractivity (Wildman–Crippen MR) is 40.2 cm³/mol. The van der Waals surface area contributed by atoms with Crippen LogP contribution in [0.5, 0.6) is 0 Å². The molecular formula is C8H14O3. The maximum Gasteiger partial charge on any atom is 0.303 e. The van der Waals surface area contributed by atoms with E-state index >= 15 is 0 Å². The van der Waals surface area contributed by atoms with E-state index in [0.717, 1.165) is 12.8 Å². The Bertz CT molecular complexity index is 163. The summed E-state index contributed by atoms with van der Waals surface area (Å²) in [5, 5.41) is 17.5. The molecule has 64 valence electrons. The Morgan fingerprint density at radius 3 is 2.45 bits per heavy atom. The van der Waals surface area contributed by atoms with Crippen molar-refractivity contribution in [3.05, 3.63) is 0 Å². The van der Waals surface area contributed by atoms with Crippen LogP contribution >= 0.6 is 0 Å². The molecule has 1 unspecified atom stereocenters. The molecule has 0 bridgehead atoms. The predicted octanol–water partition coefficient (Wildman–Crippen LogP) is 0.870. The van der Waals surface area contributed by atoms with E-state index in [9.17, 15) is 4.79 Å². The van der Waals surface area contributed by atoms with E-state index in [2.05, 4.69) is 0 Å². The summed E-state index contributed by atoms with van der Waals surface area (Å²) in [6.45, 7) is 1.84. The van der Waals surface area contributed by atoms with E-state index in [1.165, 1.54) is 0 Å². The van der Waals surface area contributed by atoms with Gasteiger partial charge in [-0.05, 0) is 18.8 Å². The SMILES string of the molecule is CC(CO)(CC(=O)O)C1CC1. The number of carboxylic acids is 1. The molecule has 1 aliphatic carbocycles. The lowest BCUT2D eigenvalue weighted by molar-refractivity contribution is -0.140. The Morgan fingerprint density at radius 2 is 2.18 bits per heavy atom. The quantitative estimate of drug-likeness (QED) is 0.638. The van der Waals surface area contributed by atoms with Gasteiger partial charge in [-0.2, -0.15) is 0 Å². The lowest BCUT2D eigenvalue weighted by Gasteiger charge is -2.24. The molecule has 0 aromatic rings. The maximum absolute atomic E-state index is 10.4. The summed E-state index contributed by atoms with van der Waals surface area (Å²) < 4.78 is 0. The summed E-state index contributed by atoms with van der Waals surface area (Å²) in [7, 11) is 0. The molecule has 2 N–H and O–H groups in total. The fourth-order valence-electron chi connectivity index (χ4n) is 1.46. The largest absolute Gasteiger partial charge is 0.481 e. The first-order valence-corrected chi connectivity index (χ1v) is 3.91. The molecule has 0 spiro atoms. The number of carbonyl (C=O) groups is 1. The van der Waals surface area contributed by atoms with Crippen molar-refractivity contribution < 1.29 is 15.0 Å². The number of carboxylic acid groups (broad SMARTS) is 1. The number of aliphatic carboxylic acids is 1. The fraction of sp³-hybridized carbons (Fsp3) is 0.875. The second-order valence-electron chi connectivity index (χ2n) is 3.66. The highest BCUT2D eigenvalue weighted by Gasteiger charge is 2.42. The van der Waals surface area contributed by atoms with Gasteiger partial charge in [0, 0.05) is 12.0 Å². The molecule has 3 heteroatoms. The van der Waals surface area contributed by atoms with Gasteiger partial charge in [0.15, 0.2) is 0 Å². The van der Waals surface area contributed by atoms with E-state index in [4.69, 9.17) is 10.2 Å². The summed E-state index contributed by atoms with van der Waals surface area (Å²) in [6, 6.07) is 0. The summed E-state index contributed by atoms with van der Waals surface area (Å²) in [5.74, 6) is -0.378. The van der Waals surface area contributed by atoms with Crippen LogP contribution in [0.4, 0.5) is 0 Å². The number of hydrogen-bond acceptors (Lipinski definition) is 2. The normalized spacial score (nSPS) is 22.7. The average molecular weight is 158 g/mol. The van der Waals surface area contributed by atoms with E-state index in [1.807, 2.05) is 6.92 Å². The zero-order valence-electron chi connectivity index (χ0n) is 6.71. The molecule has 1 rings (SSSR count). The Kier molecular flexibility index (Phi) is 2.18. The van der Waals surface area contributed by atoms with Gasteiger partial charge < -0.3 is 10.2 Å². The van der Waals surface area contributed by atoms with Gasteiger partial charge in [0.1, 0.15) is 0 Å². The van der Waals surface area contributed by atoms with E-state index in [-0.39, 0.29) is 18.4 Å². The van der Waals surface area contributed by atoms with Crippen LogP contribution in [-0.4, -0.2) is 22.8 Å². The lowest BCUT2D eigenvalue weighted by atomic mass is 9.82. The Morgan fingerprint density at radius 1 is 1.64 bits per heavy atom. The van der Waals surface area contributed by atoms with Crippen LogP contribution in [-0.2, 0) is 4.79 Å². The number of aliphatic hydroxyl groups excluding tert-OH is 1. The van der Waals surface area contributed by atoms with E-state index < -0.39 is 5.97 Å². The van der Waals surface area contributed by atoms with Crippen LogP contribution in [0.1, 0.15) is 26.2 Å². The molecule has 3 nitrogen and oxygen atoms in total. The van der Waals surface area contributed by atoms with Gasteiger partial charge >= 0.3 is 5.97 Å². The first-order chi connectivity index (χ1) is 5.08. The number of aliphatic hydroxyl groups is 1. The van der Waals surface area contributed by atoms with Crippen molar-refractivity contribution in [3.8, 4) is 0 Å². The second kappa shape index (κ2) is 2.81. The fourth-order valence-corrected chi connectivity index (χ4v) is 1.46. The minimum absolute atomic E-state index is 0.00995. The molecule has 0 radical (unpaired) electrons. The summed E-state index contributed by atoms with van der Waals surface area (Å²) >= 11 is 0. The Balaban J connectivity index is 2.51. The molecule has 0 aromatic carbocycles. The molecule has 11 heavy (non-hydrogen) atoms. The van der Waals surface area contributed by atoms with Crippen LogP contribution in [0.2, 0.25) is 0 Å². The van der Waals surface area contributed by atoms with Crippen LogP contribution < -0.4 is 0 Å². The van der Waals surface area contributed by atoms with Gasteiger partial charge in [0.05, 0.1) is 6.42 Å². The van der Waals surface area contributed by atoms with Crippen molar-refractivity contribution in [2.24, 2.45) is 11.3 Å². The van der Waals surface area contributed by atoms with Crippen molar-refractivity contribution in [2.75, 3.05) is 6.61 Å². The smallest absolute Gasteiger partial charge is 0.303 e. The molecular weight excluding hydrogens is 144 g/mol.